The fourth-order valence-corrected chi connectivity index (χ4v) is 2.25. The average Bonchev–Trinajstić information content (AvgIpc) is 2.28. The number of nitrogens with two attached hydrogens (primary N) is 1. The summed E-state index contributed by atoms with van der Waals surface area (Å²) in [6.07, 6.45) is 3.13. The Morgan fingerprint density at radius 1 is 1.29 bits per heavy atom. The molecule has 2 nitrogen and oxygen atoms in total. The minimum Gasteiger partial charge on any atom is -0.496 e. The molecule has 1 rings (SSSR count). The fraction of sp³-hybridized carbons (Fsp3) is 0.600. The van der Waals surface area contributed by atoms with E-state index in [1.165, 1.54) is 11.1 Å². The van der Waals surface area contributed by atoms with E-state index in [-0.39, 0.29) is 5.41 Å². The van der Waals surface area contributed by atoms with E-state index in [4.69, 9.17) is 10.5 Å². The highest BCUT2D eigenvalue weighted by atomic mass is 16.5. The Hall–Kier alpha value is -1.02. The molecule has 96 valence electrons. The first-order chi connectivity index (χ1) is 8.02. The van der Waals surface area contributed by atoms with Gasteiger partial charge < -0.3 is 10.5 Å². The lowest BCUT2D eigenvalue weighted by Gasteiger charge is -2.24. The normalized spacial score (nSPS) is 11.6. The van der Waals surface area contributed by atoms with E-state index in [1.807, 2.05) is 0 Å². The second-order valence-electron chi connectivity index (χ2n) is 5.38. The van der Waals surface area contributed by atoms with Crippen molar-refractivity contribution in [2.24, 2.45) is 11.1 Å². The Bertz CT molecular complexity index is 358. The summed E-state index contributed by atoms with van der Waals surface area (Å²) < 4.78 is 5.35. The zero-order chi connectivity index (χ0) is 12.9. The Morgan fingerprint density at radius 3 is 2.53 bits per heavy atom. The van der Waals surface area contributed by atoms with Crippen molar-refractivity contribution in [2.45, 2.75) is 40.0 Å². The molecule has 0 bridgehead atoms. The van der Waals surface area contributed by atoms with Crippen LogP contribution >= 0.6 is 0 Å². The molecule has 0 atom stereocenters. The number of aryl methyl sites for hydroxylation is 1. The van der Waals surface area contributed by atoms with Crippen LogP contribution in [0.15, 0.2) is 18.2 Å². The average molecular weight is 235 g/mol. The minimum atomic E-state index is 0.272. The van der Waals surface area contributed by atoms with Gasteiger partial charge in [0, 0.05) is 0 Å². The highest BCUT2D eigenvalue weighted by Crippen LogP contribution is 2.28. The number of hydrogen-bond acceptors (Lipinski definition) is 2. The summed E-state index contributed by atoms with van der Waals surface area (Å²) in [5, 5.41) is 0. The van der Waals surface area contributed by atoms with Gasteiger partial charge in [0.1, 0.15) is 5.75 Å². The van der Waals surface area contributed by atoms with Crippen LogP contribution in [0, 0.1) is 5.41 Å². The van der Waals surface area contributed by atoms with Crippen molar-refractivity contribution in [3.05, 3.63) is 29.3 Å². The smallest absolute Gasteiger partial charge is 0.122 e. The predicted molar refractivity (Wildman–Crippen MR) is 73.5 cm³/mol. The van der Waals surface area contributed by atoms with Crippen LogP contribution < -0.4 is 10.5 Å². The SMILES string of the molecule is CCc1cc(CC(C)(C)CCN)ccc1OC. The van der Waals surface area contributed by atoms with Crippen molar-refractivity contribution in [1.29, 1.82) is 0 Å². The van der Waals surface area contributed by atoms with Gasteiger partial charge in [-0.1, -0.05) is 32.9 Å². The number of hydrogen-bond donors (Lipinski definition) is 1. The third-order valence-electron chi connectivity index (χ3n) is 3.23. The second kappa shape index (κ2) is 6.06. The molecule has 0 aliphatic rings. The van der Waals surface area contributed by atoms with Crippen LogP contribution in [-0.4, -0.2) is 13.7 Å². The van der Waals surface area contributed by atoms with Crippen molar-refractivity contribution in [3.63, 3.8) is 0 Å². The van der Waals surface area contributed by atoms with Gasteiger partial charge >= 0.3 is 0 Å². The lowest BCUT2D eigenvalue weighted by Crippen LogP contribution is -2.19. The highest BCUT2D eigenvalue weighted by molar-refractivity contribution is 5.37. The van der Waals surface area contributed by atoms with E-state index >= 15 is 0 Å². The Labute approximate surface area is 105 Å². The first-order valence-electron chi connectivity index (χ1n) is 6.38. The molecular formula is C15H25NO. The van der Waals surface area contributed by atoms with Crippen molar-refractivity contribution < 1.29 is 4.74 Å². The molecule has 0 unspecified atom stereocenters. The molecule has 1 aromatic rings. The van der Waals surface area contributed by atoms with Gasteiger partial charge in [-0.15, -0.1) is 0 Å². The first-order valence-corrected chi connectivity index (χ1v) is 6.38. The molecule has 0 aliphatic heterocycles. The maximum atomic E-state index is 5.65. The summed E-state index contributed by atoms with van der Waals surface area (Å²) in [5.41, 5.74) is 8.58. The van der Waals surface area contributed by atoms with Crippen LogP contribution in [-0.2, 0) is 12.8 Å². The zero-order valence-electron chi connectivity index (χ0n) is 11.5. The van der Waals surface area contributed by atoms with Crippen LogP contribution in [0.25, 0.3) is 0 Å². The molecule has 0 aromatic heterocycles. The van der Waals surface area contributed by atoms with Gasteiger partial charge in [-0.05, 0) is 48.4 Å². The van der Waals surface area contributed by atoms with Gasteiger partial charge in [0.25, 0.3) is 0 Å². The molecule has 0 heterocycles. The third kappa shape index (κ3) is 4.04. The summed E-state index contributed by atoms with van der Waals surface area (Å²) in [5.74, 6) is 0.993. The molecule has 0 saturated heterocycles. The van der Waals surface area contributed by atoms with Crippen molar-refractivity contribution >= 4 is 0 Å². The molecule has 0 spiro atoms. The van der Waals surface area contributed by atoms with E-state index in [0.717, 1.165) is 31.6 Å². The predicted octanol–water partition coefficient (Wildman–Crippen LogP) is 3.18. The summed E-state index contributed by atoms with van der Waals surface area (Å²) in [6, 6.07) is 6.50. The summed E-state index contributed by atoms with van der Waals surface area (Å²) in [4.78, 5) is 0. The van der Waals surface area contributed by atoms with E-state index in [2.05, 4.69) is 39.0 Å². The molecule has 0 radical (unpaired) electrons. The molecule has 2 N–H and O–H groups in total. The van der Waals surface area contributed by atoms with Gasteiger partial charge in [-0.2, -0.15) is 0 Å². The number of methoxy groups -OCH3 is 1. The lowest BCUT2D eigenvalue weighted by atomic mass is 9.82. The van der Waals surface area contributed by atoms with Gasteiger partial charge in [0.15, 0.2) is 0 Å². The van der Waals surface area contributed by atoms with Gasteiger partial charge in [0.05, 0.1) is 7.11 Å². The molecule has 1 aromatic carbocycles. The topological polar surface area (TPSA) is 35.2 Å². The van der Waals surface area contributed by atoms with Crippen LogP contribution in [0.1, 0.15) is 38.3 Å². The van der Waals surface area contributed by atoms with E-state index < -0.39 is 0 Å². The van der Waals surface area contributed by atoms with E-state index in [0.29, 0.717) is 0 Å². The summed E-state index contributed by atoms with van der Waals surface area (Å²) >= 11 is 0. The molecular weight excluding hydrogens is 210 g/mol. The maximum Gasteiger partial charge on any atom is 0.122 e. The monoisotopic (exact) mass is 235 g/mol. The van der Waals surface area contributed by atoms with E-state index in [9.17, 15) is 0 Å². The highest BCUT2D eigenvalue weighted by Gasteiger charge is 2.18. The molecule has 0 fully saturated rings. The first kappa shape index (κ1) is 14.0. The molecule has 0 amide bonds. The fourth-order valence-electron chi connectivity index (χ4n) is 2.25. The third-order valence-corrected chi connectivity index (χ3v) is 3.23. The van der Waals surface area contributed by atoms with Crippen molar-refractivity contribution in [2.75, 3.05) is 13.7 Å². The van der Waals surface area contributed by atoms with Crippen molar-refractivity contribution in [1.82, 2.24) is 0 Å². The van der Waals surface area contributed by atoms with Gasteiger partial charge in [-0.3, -0.25) is 0 Å². The summed E-state index contributed by atoms with van der Waals surface area (Å²) in [7, 11) is 1.73. The molecule has 0 aliphatic carbocycles. The second-order valence-corrected chi connectivity index (χ2v) is 5.38. The summed E-state index contributed by atoms with van der Waals surface area (Å²) in [6.45, 7) is 7.46. The Balaban J connectivity index is 2.85. The zero-order valence-corrected chi connectivity index (χ0v) is 11.5. The quantitative estimate of drug-likeness (QED) is 0.822. The van der Waals surface area contributed by atoms with Crippen LogP contribution in [0.2, 0.25) is 0 Å². The number of ether oxygens (including phenoxy) is 1. The Morgan fingerprint density at radius 2 is 2.00 bits per heavy atom. The number of benzene rings is 1. The lowest BCUT2D eigenvalue weighted by molar-refractivity contribution is 0.338. The van der Waals surface area contributed by atoms with Gasteiger partial charge in [0.2, 0.25) is 0 Å². The standard InChI is InChI=1S/C15H25NO/c1-5-13-10-12(6-7-14(13)17-4)11-15(2,3)8-9-16/h6-7,10H,5,8-9,11,16H2,1-4H3. The minimum absolute atomic E-state index is 0.272. The van der Waals surface area contributed by atoms with Gasteiger partial charge in [-0.25, -0.2) is 0 Å². The molecule has 0 saturated carbocycles. The molecule has 17 heavy (non-hydrogen) atoms. The number of rotatable bonds is 6. The Kier molecular flexibility index (Phi) is 5.01. The van der Waals surface area contributed by atoms with Crippen LogP contribution in [0.3, 0.4) is 0 Å². The van der Waals surface area contributed by atoms with E-state index in [1.54, 1.807) is 7.11 Å². The van der Waals surface area contributed by atoms with Crippen molar-refractivity contribution in [3.8, 4) is 5.75 Å². The molecule has 2 heteroatoms. The van der Waals surface area contributed by atoms with Crippen LogP contribution in [0.4, 0.5) is 0 Å². The largest absolute Gasteiger partial charge is 0.496 e. The maximum absolute atomic E-state index is 5.65. The van der Waals surface area contributed by atoms with Crippen LogP contribution in [0.5, 0.6) is 5.75 Å².